The lowest BCUT2D eigenvalue weighted by atomic mass is 10.3. The van der Waals surface area contributed by atoms with Crippen molar-refractivity contribution in [3.8, 4) is 0 Å². The summed E-state index contributed by atoms with van der Waals surface area (Å²) in [5.41, 5.74) is 0. The molecule has 1 aliphatic rings. The third-order valence-corrected chi connectivity index (χ3v) is 1.25. The number of ether oxygens (including phenoxy) is 1. The average Bonchev–Trinajstić information content (AvgIpc) is 2.29. The maximum atomic E-state index is 11.7. The lowest BCUT2D eigenvalue weighted by Crippen LogP contribution is -2.20. The quantitative estimate of drug-likeness (QED) is 0.515. The van der Waals surface area contributed by atoms with Gasteiger partial charge >= 0.3 is 12.1 Å². The van der Waals surface area contributed by atoms with Crippen LogP contribution >= 0.6 is 0 Å². The maximum Gasteiger partial charge on any atom is 0.454 e. The van der Waals surface area contributed by atoms with Crippen LogP contribution in [-0.4, -0.2) is 23.0 Å². The van der Waals surface area contributed by atoms with Crippen LogP contribution in [0, 0.1) is 0 Å². The molecular formula is C7H3F3O4. The predicted octanol–water partition coefficient (Wildman–Crippen LogP) is 1.00. The van der Waals surface area contributed by atoms with Crippen molar-refractivity contribution in [2.45, 2.75) is 6.18 Å². The number of aliphatic hydroxyl groups is 1. The highest BCUT2D eigenvalue weighted by Gasteiger charge is 2.37. The molecule has 14 heavy (non-hydrogen) atoms. The minimum atomic E-state index is -5.02. The molecule has 0 aromatic heterocycles. The van der Waals surface area contributed by atoms with Gasteiger partial charge in [0.1, 0.15) is 5.76 Å². The summed E-state index contributed by atoms with van der Waals surface area (Å²) < 4.78 is 39.1. The molecule has 0 unspecified atom stereocenters. The Labute approximate surface area is 75.3 Å². The van der Waals surface area contributed by atoms with Crippen molar-refractivity contribution in [1.82, 2.24) is 0 Å². The van der Waals surface area contributed by atoms with Gasteiger partial charge in [0.15, 0.2) is 0 Å². The van der Waals surface area contributed by atoms with Gasteiger partial charge in [-0.1, -0.05) is 0 Å². The number of carbonyl (C=O) groups is 2. The normalized spacial score (nSPS) is 19.5. The van der Waals surface area contributed by atoms with Crippen molar-refractivity contribution in [2.75, 3.05) is 0 Å². The predicted molar refractivity (Wildman–Crippen MR) is 35.9 cm³/mol. The highest BCUT2D eigenvalue weighted by molar-refractivity contribution is 5.97. The maximum absolute atomic E-state index is 11.7. The van der Waals surface area contributed by atoms with Crippen LogP contribution in [0.25, 0.3) is 0 Å². The van der Waals surface area contributed by atoms with E-state index in [1.807, 2.05) is 0 Å². The average molecular weight is 208 g/mol. The molecular weight excluding hydrogens is 205 g/mol. The van der Waals surface area contributed by atoms with Crippen LogP contribution in [0.15, 0.2) is 23.7 Å². The number of esters is 1. The molecule has 1 heterocycles. The first kappa shape index (κ1) is 10.3. The summed E-state index contributed by atoms with van der Waals surface area (Å²) in [6.07, 6.45) is -4.31. The number of rotatable bonds is 1. The second kappa shape index (κ2) is 3.17. The standard InChI is InChI=1S/C7H3F3O4/c8-7(9,10)5(12)2-3-1-4(11)6(13)14-3/h1-2,11H/b3-2+. The van der Waals surface area contributed by atoms with Crippen LogP contribution in [0.4, 0.5) is 13.2 Å². The molecule has 76 valence electrons. The van der Waals surface area contributed by atoms with Crippen LogP contribution < -0.4 is 0 Å². The topological polar surface area (TPSA) is 63.6 Å². The number of ketones is 1. The smallest absolute Gasteiger partial charge is 0.454 e. The molecule has 0 bridgehead atoms. The minimum Gasteiger partial charge on any atom is -0.502 e. The molecule has 0 radical (unpaired) electrons. The molecule has 0 aromatic rings. The molecule has 1 rings (SSSR count). The fourth-order valence-electron chi connectivity index (χ4n) is 0.665. The summed E-state index contributed by atoms with van der Waals surface area (Å²) >= 11 is 0. The van der Waals surface area contributed by atoms with Gasteiger partial charge in [0.05, 0.1) is 0 Å². The Morgan fingerprint density at radius 3 is 2.43 bits per heavy atom. The molecule has 0 spiro atoms. The SMILES string of the molecule is O=C1O/C(=C/C(=O)C(F)(F)F)C=C1O. The van der Waals surface area contributed by atoms with Crippen LogP contribution in [0.3, 0.4) is 0 Å². The van der Waals surface area contributed by atoms with Crippen LogP contribution in [0.1, 0.15) is 0 Å². The molecule has 0 saturated heterocycles. The number of aliphatic hydroxyl groups excluding tert-OH is 1. The van der Waals surface area contributed by atoms with E-state index in [1.165, 1.54) is 0 Å². The molecule has 7 heteroatoms. The van der Waals surface area contributed by atoms with Gasteiger partial charge < -0.3 is 9.84 Å². The molecule has 0 aromatic carbocycles. The van der Waals surface area contributed by atoms with E-state index in [1.54, 1.807) is 0 Å². The van der Waals surface area contributed by atoms with Gasteiger partial charge in [0.25, 0.3) is 5.78 Å². The summed E-state index contributed by atoms with van der Waals surface area (Å²) in [7, 11) is 0. The van der Waals surface area contributed by atoms with E-state index >= 15 is 0 Å². The molecule has 0 fully saturated rings. The van der Waals surface area contributed by atoms with E-state index < -0.39 is 29.4 Å². The van der Waals surface area contributed by atoms with E-state index in [2.05, 4.69) is 4.74 Å². The van der Waals surface area contributed by atoms with Gasteiger partial charge in [-0.15, -0.1) is 0 Å². The van der Waals surface area contributed by atoms with Crippen LogP contribution in [0.5, 0.6) is 0 Å². The lowest BCUT2D eigenvalue weighted by Gasteiger charge is -2.00. The Morgan fingerprint density at radius 2 is 2.07 bits per heavy atom. The monoisotopic (exact) mass is 208 g/mol. The Bertz CT molecular complexity index is 350. The van der Waals surface area contributed by atoms with Gasteiger partial charge in [0.2, 0.25) is 5.76 Å². The minimum absolute atomic E-state index is 0.0844. The Hall–Kier alpha value is -1.79. The highest BCUT2D eigenvalue weighted by atomic mass is 19.4. The van der Waals surface area contributed by atoms with Crippen LogP contribution in [-0.2, 0) is 14.3 Å². The van der Waals surface area contributed by atoms with E-state index in [-0.39, 0.29) is 6.08 Å². The number of alkyl halides is 3. The second-order valence-electron chi connectivity index (χ2n) is 2.33. The first-order valence-corrected chi connectivity index (χ1v) is 3.26. The van der Waals surface area contributed by atoms with Gasteiger partial charge in [-0.2, -0.15) is 13.2 Å². The fraction of sp³-hybridized carbons (Fsp3) is 0.143. The second-order valence-corrected chi connectivity index (χ2v) is 2.33. The van der Waals surface area contributed by atoms with E-state index in [0.717, 1.165) is 0 Å². The number of allylic oxidation sites excluding steroid dienone is 2. The van der Waals surface area contributed by atoms with Gasteiger partial charge in [0, 0.05) is 12.2 Å². The summed E-state index contributed by atoms with van der Waals surface area (Å²) in [6, 6.07) is 0. The van der Waals surface area contributed by atoms with Gasteiger partial charge in [-0.05, 0) is 0 Å². The van der Waals surface area contributed by atoms with Gasteiger partial charge in [-0.3, -0.25) is 4.79 Å². The highest BCUT2D eigenvalue weighted by Crippen LogP contribution is 2.20. The first-order chi connectivity index (χ1) is 6.30. The number of cyclic esters (lactones) is 1. The molecule has 1 aliphatic heterocycles. The summed E-state index contributed by atoms with van der Waals surface area (Å²) in [4.78, 5) is 20.8. The van der Waals surface area contributed by atoms with E-state index in [0.29, 0.717) is 6.08 Å². The molecule has 0 saturated carbocycles. The third-order valence-electron chi connectivity index (χ3n) is 1.25. The number of carbonyl (C=O) groups excluding carboxylic acids is 2. The summed E-state index contributed by atoms with van der Waals surface area (Å²) in [5, 5.41) is 8.64. The molecule has 1 N–H and O–H groups in total. The third kappa shape index (κ3) is 2.12. The van der Waals surface area contributed by atoms with E-state index in [4.69, 9.17) is 5.11 Å². The molecule has 0 aliphatic carbocycles. The largest absolute Gasteiger partial charge is 0.502 e. The zero-order chi connectivity index (χ0) is 10.9. The van der Waals surface area contributed by atoms with Crippen molar-refractivity contribution < 1.29 is 32.6 Å². The van der Waals surface area contributed by atoms with Crippen molar-refractivity contribution in [3.63, 3.8) is 0 Å². The first-order valence-electron chi connectivity index (χ1n) is 3.26. The molecule has 0 amide bonds. The molecule has 4 nitrogen and oxygen atoms in total. The molecule has 0 atom stereocenters. The Morgan fingerprint density at radius 1 is 1.50 bits per heavy atom. The van der Waals surface area contributed by atoms with Crippen LogP contribution in [0.2, 0.25) is 0 Å². The number of hydrogen-bond donors (Lipinski definition) is 1. The van der Waals surface area contributed by atoms with Crippen molar-refractivity contribution in [1.29, 1.82) is 0 Å². The summed E-state index contributed by atoms with van der Waals surface area (Å²) in [5.74, 6) is -4.82. The fourth-order valence-corrected chi connectivity index (χ4v) is 0.665. The van der Waals surface area contributed by atoms with Gasteiger partial charge in [-0.25, -0.2) is 4.79 Å². The lowest BCUT2D eigenvalue weighted by molar-refractivity contribution is -0.165. The Balaban J connectivity index is 2.83. The van der Waals surface area contributed by atoms with E-state index in [9.17, 15) is 22.8 Å². The van der Waals surface area contributed by atoms with Crippen molar-refractivity contribution in [3.05, 3.63) is 23.7 Å². The Kier molecular flexibility index (Phi) is 2.33. The van der Waals surface area contributed by atoms with Crippen molar-refractivity contribution >= 4 is 11.8 Å². The summed E-state index contributed by atoms with van der Waals surface area (Å²) in [6.45, 7) is 0. The number of halogens is 3. The number of hydrogen-bond acceptors (Lipinski definition) is 4. The zero-order valence-electron chi connectivity index (χ0n) is 6.46. The zero-order valence-corrected chi connectivity index (χ0v) is 6.46. The van der Waals surface area contributed by atoms with Crippen molar-refractivity contribution in [2.24, 2.45) is 0 Å².